The smallest absolute Gasteiger partial charge is 0.0399 e. The minimum Gasteiger partial charge on any atom is -0.384 e. The van der Waals surface area contributed by atoms with Gasteiger partial charge < -0.3 is 5.32 Å². The summed E-state index contributed by atoms with van der Waals surface area (Å²) in [5, 5.41) is 3.70. The molecule has 1 heteroatoms. The maximum Gasteiger partial charge on any atom is 0.0399 e. The third kappa shape index (κ3) is 2.07. The number of rotatable bonds is 3. The van der Waals surface area contributed by atoms with Crippen LogP contribution in [-0.2, 0) is 0 Å². The first-order chi connectivity index (χ1) is 8.63. The summed E-state index contributed by atoms with van der Waals surface area (Å²) >= 11 is 0. The van der Waals surface area contributed by atoms with E-state index in [-0.39, 0.29) is 0 Å². The summed E-state index contributed by atoms with van der Waals surface area (Å²) in [6.07, 6.45) is 7.65. The van der Waals surface area contributed by atoms with Crippen LogP contribution in [-0.4, -0.2) is 6.54 Å². The van der Waals surface area contributed by atoms with Crippen molar-refractivity contribution in [3.05, 3.63) is 41.0 Å². The molecule has 1 saturated carbocycles. The normalized spacial score (nSPS) is 28.9. The molecule has 2 aliphatic carbocycles. The second-order valence-electron chi connectivity index (χ2n) is 6.19. The van der Waals surface area contributed by atoms with Crippen LogP contribution >= 0.6 is 0 Å². The molecule has 1 nitrogen and oxygen atoms in total. The summed E-state index contributed by atoms with van der Waals surface area (Å²) in [5.74, 6) is 2.57. The molecule has 0 heterocycles. The Morgan fingerprint density at radius 2 is 1.78 bits per heavy atom. The predicted octanol–water partition coefficient (Wildman–Crippen LogP) is 4.24. The highest BCUT2D eigenvalue weighted by Crippen LogP contribution is 2.43. The standard InChI is InChI=1S/C17H23N/c1-11-6-12(2)17(13(3)7-11)18-10-16-9-14-4-5-15(16)8-14/h4-7,14-16,18H,8-10H2,1-3H3. The fourth-order valence-electron chi connectivity index (χ4n) is 3.82. The Morgan fingerprint density at radius 1 is 1.06 bits per heavy atom. The number of hydrogen-bond donors (Lipinski definition) is 1. The van der Waals surface area contributed by atoms with Crippen LogP contribution in [0.1, 0.15) is 29.5 Å². The van der Waals surface area contributed by atoms with E-state index in [0.717, 1.165) is 24.3 Å². The number of allylic oxidation sites excluding steroid dienone is 2. The quantitative estimate of drug-likeness (QED) is 0.781. The van der Waals surface area contributed by atoms with Crippen LogP contribution in [0.3, 0.4) is 0 Å². The molecule has 0 radical (unpaired) electrons. The molecule has 0 spiro atoms. The number of aryl methyl sites for hydroxylation is 3. The molecule has 0 aromatic heterocycles. The molecule has 3 atom stereocenters. The summed E-state index contributed by atoms with van der Waals surface area (Å²) in [6.45, 7) is 7.73. The summed E-state index contributed by atoms with van der Waals surface area (Å²) in [7, 11) is 0. The molecule has 1 aromatic carbocycles. The van der Waals surface area contributed by atoms with Gasteiger partial charge in [0.1, 0.15) is 0 Å². The maximum atomic E-state index is 3.70. The van der Waals surface area contributed by atoms with Gasteiger partial charge in [-0.2, -0.15) is 0 Å². The highest BCUT2D eigenvalue weighted by Gasteiger charge is 2.35. The molecular formula is C17H23N. The Hall–Kier alpha value is -1.24. The Morgan fingerprint density at radius 3 is 2.33 bits per heavy atom. The minimum atomic E-state index is 0.841. The zero-order valence-electron chi connectivity index (χ0n) is 11.7. The molecule has 1 fully saturated rings. The molecule has 3 rings (SSSR count). The first-order valence-electron chi connectivity index (χ1n) is 7.13. The molecule has 2 bridgehead atoms. The minimum absolute atomic E-state index is 0.841. The molecular weight excluding hydrogens is 218 g/mol. The van der Waals surface area contributed by atoms with Gasteiger partial charge in [-0.25, -0.2) is 0 Å². The summed E-state index contributed by atoms with van der Waals surface area (Å²) < 4.78 is 0. The predicted molar refractivity (Wildman–Crippen MR) is 78.0 cm³/mol. The van der Waals surface area contributed by atoms with Crippen LogP contribution in [0, 0.1) is 38.5 Å². The Labute approximate surface area is 110 Å². The number of anilines is 1. The number of nitrogens with one attached hydrogen (secondary N) is 1. The summed E-state index contributed by atoms with van der Waals surface area (Å²) in [4.78, 5) is 0. The van der Waals surface area contributed by atoms with E-state index >= 15 is 0 Å². The van der Waals surface area contributed by atoms with Crippen molar-refractivity contribution in [3.8, 4) is 0 Å². The van der Waals surface area contributed by atoms with Crippen LogP contribution in [0.2, 0.25) is 0 Å². The second-order valence-corrected chi connectivity index (χ2v) is 6.19. The first-order valence-corrected chi connectivity index (χ1v) is 7.13. The van der Waals surface area contributed by atoms with E-state index in [2.05, 4.69) is 50.4 Å². The van der Waals surface area contributed by atoms with Crippen LogP contribution in [0.25, 0.3) is 0 Å². The molecule has 1 aromatic rings. The number of fused-ring (bicyclic) bond motifs is 2. The van der Waals surface area contributed by atoms with Gasteiger partial charge in [-0.15, -0.1) is 0 Å². The SMILES string of the molecule is Cc1cc(C)c(NCC2CC3C=CC2C3)c(C)c1. The van der Waals surface area contributed by atoms with Crippen molar-refractivity contribution >= 4 is 5.69 Å². The van der Waals surface area contributed by atoms with Gasteiger partial charge in [0.25, 0.3) is 0 Å². The van der Waals surface area contributed by atoms with Gasteiger partial charge in [0.2, 0.25) is 0 Å². The fraction of sp³-hybridized carbons (Fsp3) is 0.529. The Kier molecular flexibility index (Phi) is 2.93. The van der Waals surface area contributed by atoms with Gasteiger partial charge in [0.05, 0.1) is 0 Å². The monoisotopic (exact) mass is 241 g/mol. The molecule has 1 N–H and O–H groups in total. The third-order valence-corrected chi connectivity index (χ3v) is 4.63. The highest BCUT2D eigenvalue weighted by atomic mass is 14.9. The third-order valence-electron chi connectivity index (χ3n) is 4.63. The highest BCUT2D eigenvalue weighted by molar-refractivity contribution is 5.58. The van der Waals surface area contributed by atoms with Gasteiger partial charge in [-0.1, -0.05) is 29.8 Å². The van der Waals surface area contributed by atoms with Gasteiger partial charge in [0.15, 0.2) is 0 Å². The van der Waals surface area contributed by atoms with Gasteiger partial charge in [-0.05, 0) is 62.5 Å². The van der Waals surface area contributed by atoms with Gasteiger partial charge in [-0.3, -0.25) is 0 Å². The van der Waals surface area contributed by atoms with Crippen molar-refractivity contribution in [1.82, 2.24) is 0 Å². The van der Waals surface area contributed by atoms with E-state index in [9.17, 15) is 0 Å². The Balaban J connectivity index is 1.69. The molecule has 96 valence electrons. The van der Waals surface area contributed by atoms with E-state index in [1.54, 1.807) is 0 Å². The fourth-order valence-corrected chi connectivity index (χ4v) is 3.82. The van der Waals surface area contributed by atoms with E-state index in [1.165, 1.54) is 35.2 Å². The lowest BCUT2D eigenvalue weighted by Gasteiger charge is -2.21. The molecule has 2 aliphatic rings. The molecule has 18 heavy (non-hydrogen) atoms. The lowest BCUT2D eigenvalue weighted by molar-refractivity contribution is 0.472. The molecule has 3 unspecified atom stereocenters. The Bertz CT molecular complexity index is 463. The van der Waals surface area contributed by atoms with E-state index < -0.39 is 0 Å². The average molecular weight is 241 g/mol. The van der Waals surface area contributed by atoms with Crippen LogP contribution in [0.5, 0.6) is 0 Å². The lowest BCUT2D eigenvalue weighted by atomic mass is 9.93. The van der Waals surface area contributed by atoms with Crippen molar-refractivity contribution < 1.29 is 0 Å². The van der Waals surface area contributed by atoms with Crippen molar-refractivity contribution in [1.29, 1.82) is 0 Å². The zero-order valence-corrected chi connectivity index (χ0v) is 11.7. The molecule has 0 aliphatic heterocycles. The second kappa shape index (κ2) is 4.46. The van der Waals surface area contributed by atoms with Gasteiger partial charge >= 0.3 is 0 Å². The van der Waals surface area contributed by atoms with Crippen LogP contribution in [0.4, 0.5) is 5.69 Å². The topological polar surface area (TPSA) is 12.0 Å². The average Bonchev–Trinajstić information content (AvgIpc) is 2.89. The van der Waals surface area contributed by atoms with Crippen molar-refractivity contribution in [2.75, 3.05) is 11.9 Å². The molecule has 0 amide bonds. The zero-order chi connectivity index (χ0) is 12.7. The first kappa shape index (κ1) is 11.8. The van der Waals surface area contributed by atoms with E-state index in [1.807, 2.05) is 0 Å². The number of benzene rings is 1. The van der Waals surface area contributed by atoms with Crippen LogP contribution < -0.4 is 5.32 Å². The van der Waals surface area contributed by atoms with Crippen molar-refractivity contribution in [2.24, 2.45) is 17.8 Å². The molecule has 0 saturated heterocycles. The maximum absolute atomic E-state index is 3.70. The lowest BCUT2D eigenvalue weighted by Crippen LogP contribution is -2.19. The van der Waals surface area contributed by atoms with Crippen molar-refractivity contribution in [2.45, 2.75) is 33.6 Å². The van der Waals surface area contributed by atoms with Gasteiger partial charge in [0, 0.05) is 12.2 Å². The van der Waals surface area contributed by atoms with E-state index in [4.69, 9.17) is 0 Å². The largest absolute Gasteiger partial charge is 0.384 e. The summed E-state index contributed by atoms with van der Waals surface area (Å²) in [6, 6.07) is 4.55. The van der Waals surface area contributed by atoms with E-state index in [0.29, 0.717) is 0 Å². The van der Waals surface area contributed by atoms with Crippen LogP contribution in [0.15, 0.2) is 24.3 Å². The van der Waals surface area contributed by atoms with Crippen molar-refractivity contribution in [3.63, 3.8) is 0 Å². The number of hydrogen-bond acceptors (Lipinski definition) is 1. The summed E-state index contributed by atoms with van der Waals surface area (Å²) in [5.41, 5.74) is 5.48.